The van der Waals surface area contributed by atoms with Crippen LogP contribution in [0.25, 0.3) is 0 Å². The molecule has 0 spiro atoms. The van der Waals surface area contributed by atoms with Crippen LogP contribution in [0.2, 0.25) is 0 Å². The Bertz CT molecular complexity index is 289. The number of β-amino-alcohol motifs (C(OH)–C–C–N with tert-alkyl or cyclic N) is 1. The van der Waals surface area contributed by atoms with E-state index >= 15 is 0 Å². The van der Waals surface area contributed by atoms with Crippen molar-refractivity contribution >= 4 is 5.91 Å². The summed E-state index contributed by atoms with van der Waals surface area (Å²) >= 11 is 0. The van der Waals surface area contributed by atoms with E-state index in [9.17, 15) is 9.90 Å². The number of ether oxygens (including phenoxy) is 1. The van der Waals surface area contributed by atoms with Crippen molar-refractivity contribution in [2.75, 3.05) is 33.3 Å². The fraction of sp³-hybridized carbons (Fsp3) is 0.917. The van der Waals surface area contributed by atoms with E-state index < -0.39 is 5.60 Å². The van der Waals surface area contributed by atoms with Crippen molar-refractivity contribution in [3.05, 3.63) is 0 Å². The van der Waals surface area contributed by atoms with Crippen LogP contribution in [0.5, 0.6) is 0 Å². The number of likely N-dealkylation sites (N-methyl/N-ethyl adjacent to an activating group) is 1. The van der Waals surface area contributed by atoms with Crippen LogP contribution in [-0.4, -0.2) is 60.9 Å². The second-order valence-corrected chi connectivity index (χ2v) is 5.42. The molecule has 0 aromatic heterocycles. The second-order valence-electron chi connectivity index (χ2n) is 5.42. The van der Waals surface area contributed by atoms with Crippen molar-refractivity contribution < 1.29 is 14.6 Å². The fourth-order valence-corrected chi connectivity index (χ4v) is 2.69. The Labute approximate surface area is 102 Å². The summed E-state index contributed by atoms with van der Waals surface area (Å²) in [6.45, 7) is 4.30. The zero-order chi connectivity index (χ0) is 12.5. The number of aliphatic hydroxyl groups is 1. The van der Waals surface area contributed by atoms with E-state index in [2.05, 4.69) is 5.32 Å². The number of rotatable bonds is 3. The number of carbonyl (C=O) groups excluding carboxylic acids is 1. The minimum Gasteiger partial charge on any atom is -0.387 e. The van der Waals surface area contributed by atoms with Gasteiger partial charge in [0, 0.05) is 13.6 Å². The first-order valence-electron chi connectivity index (χ1n) is 6.30. The summed E-state index contributed by atoms with van der Waals surface area (Å²) in [5.41, 5.74) is -0.754. The van der Waals surface area contributed by atoms with Crippen molar-refractivity contribution in [3.8, 4) is 0 Å². The van der Waals surface area contributed by atoms with Crippen molar-refractivity contribution in [2.24, 2.45) is 5.92 Å². The van der Waals surface area contributed by atoms with Crippen molar-refractivity contribution in [1.29, 1.82) is 0 Å². The maximum Gasteiger partial charge on any atom is 0.227 e. The maximum absolute atomic E-state index is 12.1. The number of hydrogen-bond donors (Lipinski definition) is 2. The van der Waals surface area contributed by atoms with Gasteiger partial charge in [-0.25, -0.2) is 0 Å². The van der Waals surface area contributed by atoms with Gasteiger partial charge >= 0.3 is 0 Å². The average molecular weight is 242 g/mol. The van der Waals surface area contributed by atoms with Gasteiger partial charge in [0.25, 0.3) is 0 Å². The monoisotopic (exact) mass is 242 g/mol. The van der Waals surface area contributed by atoms with E-state index in [0.717, 1.165) is 13.0 Å². The zero-order valence-corrected chi connectivity index (χ0v) is 10.6. The molecule has 0 radical (unpaired) electrons. The molecule has 0 saturated carbocycles. The molecular weight excluding hydrogens is 220 g/mol. The standard InChI is InChI=1S/C12H22N2O3/c1-9-5-10(6-17-9)11(15)14(2)8-12(16)3-4-13-7-12/h9-10,13,16H,3-8H2,1-2H3. The van der Waals surface area contributed by atoms with E-state index in [1.807, 2.05) is 6.92 Å². The molecule has 0 aliphatic carbocycles. The Kier molecular flexibility index (Phi) is 3.70. The molecule has 2 aliphatic rings. The predicted molar refractivity (Wildman–Crippen MR) is 63.6 cm³/mol. The number of hydrogen-bond acceptors (Lipinski definition) is 4. The summed E-state index contributed by atoms with van der Waals surface area (Å²) in [7, 11) is 1.77. The van der Waals surface area contributed by atoms with Crippen molar-refractivity contribution in [3.63, 3.8) is 0 Å². The molecule has 0 aromatic rings. The molecule has 0 bridgehead atoms. The van der Waals surface area contributed by atoms with Crippen LogP contribution in [0, 0.1) is 5.92 Å². The Morgan fingerprint density at radius 3 is 2.94 bits per heavy atom. The lowest BCUT2D eigenvalue weighted by atomic mass is 10.0. The third-order valence-corrected chi connectivity index (χ3v) is 3.68. The summed E-state index contributed by atoms with van der Waals surface area (Å²) < 4.78 is 5.41. The Balaban J connectivity index is 1.86. The highest BCUT2D eigenvalue weighted by Gasteiger charge is 2.36. The summed E-state index contributed by atoms with van der Waals surface area (Å²) in [4.78, 5) is 13.8. The van der Waals surface area contributed by atoms with Gasteiger partial charge in [-0.2, -0.15) is 0 Å². The highest BCUT2D eigenvalue weighted by atomic mass is 16.5. The molecule has 2 aliphatic heterocycles. The molecule has 2 heterocycles. The normalized spacial score (nSPS) is 37.4. The minimum atomic E-state index is -0.754. The lowest BCUT2D eigenvalue weighted by Gasteiger charge is -2.29. The largest absolute Gasteiger partial charge is 0.387 e. The molecule has 5 nitrogen and oxygen atoms in total. The van der Waals surface area contributed by atoms with Gasteiger partial charge in [0.1, 0.15) is 0 Å². The summed E-state index contributed by atoms with van der Waals surface area (Å²) in [5, 5.41) is 13.3. The Morgan fingerprint density at radius 1 is 1.65 bits per heavy atom. The number of nitrogens with one attached hydrogen (secondary N) is 1. The quantitative estimate of drug-likeness (QED) is 0.706. The van der Waals surface area contributed by atoms with Gasteiger partial charge in [-0.05, 0) is 26.3 Å². The third-order valence-electron chi connectivity index (χ3n) is 3.68. The molecule has 0 aromatic carbocycles. The molecule has 3 unspecified atom stereocenters. The third kappa shape index (κ3) is 2.97. The van der Waals surface area contributed by atoms with Crippen molar-refractivity contribution in [1.82, 2.24) is 10.2 Å². The summed E-state index contributed by atoms with van der Waals surface area (Å²) in [6.07, 6.45) is 1.68. The van der Waals surface area contributed by atoms with Crippen LogP contribution >= 0.6 is 0 Å². The van der Waals surface area contributed by atoms with Gasteiger partial charge in [0.15, 0.2) is 0 Å². The van der Waals surface area contributed by atoms with Crippen LogP contribution in [0.15, 0.2) is 0 Å². The lowest BCUT2D eigenvalue weighted by Crippen LogP contribution is -2.47. The van der Waals surface area contributed by atoms with Crippen LogP contribution in [0.3, 0.4) is 0 Å². The molecule has 2 rings (SSSR count). The molecular formula is C12H22N2O3. The molecule has 2 fully saturated rings. The fourth-order valence-electron chi connectivity index (χ4n) is 2.69. The number of amides is 1. The van der Waals surface area contributed by atoms with E-state index in [0.29, 0.717) is 26.1 Å². The van der Waals surface area contributed by atoms with E-state index in [-0.39, 0.29) is 17.9 Å². The van der Waals surface area contributed by atoms with Crippen LogP contribution in [-0.2, 0) is 9.53 Å². The van der Waals surface area contributed by atoms with Gasteiger partial charge in [-0.3, -0.25) is 4.79 Å². The summed E-state index contributed by atoms with van der Waals surface area (Å²) in [6, 6.07) is 0. The topological polar surface area (TPSA) is 61.8 Å². The van der Waals surface area contributed by atoms with Gasteiger partial charge in [0.05, 0.1) is 30.8 Å². The second kappa shape index (κ2) is 4.92. The molecule has 98 valence electrons. The average Bonchev–Trinajstić information content (AvgIpc) is 2.86. The SMILES string of the molecule is CC1CC(C(=O)N(C)CC2(O)CCNC2)CO1. The molecule has 17 heavy (non-hydrogen) atoms. The lowest BCUT2D eigenvalue weighted by molar-refractivity contribution is -0.137. The first-order valence-corrected chi connectivity index (χ1v) is 6.30. The maximum atomic E-state index is 12.1. The molecule has 2 saturated heterocycles. The Hall–Kier alpha value is -0.650. The van der Waals surface area contributed by atoms with Gasteiger partial charge in [-0.15, -0.1) is 0 Å². The van der Waals surface area contributed by atoms with Gasteiger partial charge in [-0.1, -0.05) is 0 Å². The number of carbonyl (C=O) groups is 1. The summed E-state index contributed by atoms with van der Waals surface area (Å²) in [5.74, 6) is 0.0580. The van der Waals surface area contributed by atoms with E-state index in [4.69, 9.17) is 4.74 Å². The molecule has 3 atom stereocenters. The minimum absolute atomic E-state index is 0.0343. The van der Waals surface area contributed by atoms with Gasteiger partial charge in [0.2, 0.25) is 5.91 Å². The first-order chi connectivity index (χ1) is 8.00. The van der Waals surface area contributed by atoms with Crippen LogP contribution in [0.4, 0.5) is 0 Å². The number of nitrogens with zero attached hydrogens (tertiary/aromatic N) is 1. The molecule has 5 heteroatoms. The van der Waals surface area contributed by atoms with Crippen molar-refractivity contribution in [2.45, 2.75) is 31.5 Å². The highest BCUT2D eigenvalue weighted by Crippen LogP contribution is 2.22. The highest BCUT2D eigenvalue weighted by molar-refractivity contribution is 5.79. The zero-order valence-electron chi connectivity index (χ0n) is 10.6. The van der Waals surface area contributed by atoms with Crippen LogP contribution < -0.4 is 5.32 Å². The van der Waals surface area contributed by atoms with Gasteiger partial charge < -0.3 is 20.1 Å². The predicted octanol–water partition coefficient (Wildman–Crippen LogP) is -0.406. The molecule has 1 amide bonds. The van der Waals surface area contributed by atoms with E-state index in [1.165, 1.54) is 0 Å². The Morgan fingerprint density at radius 2 is 2.41 bits per heavy atom. The van der Waals surface area contributed by atoms with Crippen LogP contribution in [0.1, 0.15) is 19.8 Å². The first kappa shape index (κ1) is 12.8. The van der Waals surface area contributed by atoms with E-state index in [1.54, 1.807) is 11.9 Å². The smallest absolute Gasteiger partial charge is 0.227 e. The molecule has 2 N–H and O–H groups in total.